The lowest BCUT2D eigenvalue weighted by Gasteiger charge is -2.32. The molecule has 0 spiro atoms. The van der Waals surface area contributed by atoms with E-state index < -0.39 is 0 Å². The van der Waals surface area contributed by atoms with Crippen LogP contribution in [-0.2, 0) is 11.4 Å². The van der Waals surface area contributed by atoms with Crippen molar-refractivity contribution in [2.24, 2.45) is 0 Å². The van der Waals surface area contributed by atoms with Gasteiger partial charge in [0.25, 0.3) is 5.91 Å². The maximum atomic E-state index is 12.2. The molecule has 0 aromatic heterocycles. The first-order chi connectivity index (χ1) is 12.2. The molecule has 1 aliphatic heterocycles. The number of ether oxygens (including phenoxy) is 2. The monoisotopic (exact) mass is 340 g/mol. The second kappa shape index (κ2) is 8.53. The quantitative estimate of drug-likeness (QED) is 0.810. The van der Waals surface area contributed by atoms with Crippen molar-refractivity contribution in [1.82, 2.24) is 9.80 Å². The van der Waals surface area contributed by atoms with Crippen LogP contribution in [0.1, 0.15) is 5.56 Å². The van der Waals surface area contributed by atoms with Gasteiger partial charge in [-0.2, -0.15) is 0 Å². The van der Waals surface area contributed by atoms with Crippen molar-refractivity contribution in [2.75, 3.05) is 39.8 Å². The second-order valence-corrected chi connectivity index (χ2v) is 6.22. The van der Waals surface area contributed by atoms with Crippen molar-refractivity contribution in [2.45, 2.75) is 6.61 Å². The first-order valence-corrected chi connectivity index (χ1v) is 8.56. The molecular formula is C20H24N2O3. The van der Waals surface area contributed by atoms with E-state index >= 15 is 0 Å². The lowest BCUT2D eigenvalue weighted by molar-refractivity contribution is -0.134. The topological polar surface area (TPSA) is 42.0 Å². The van der Waals surface area contributed by atoms with Gasteiger partial charge >= 0.3 is 0 Å². The van der Waals surface area contributed by atoms with Gasteiger partial charge in [-0.15, -0.1) is 0 Å². The summed E-state index contributed by atoms with van der Waals surface area (Å²) in [7, 11) is 2.07. The van der Waals surface area contributed by atoms with Crippen molar-refractivity contribution in [1.29, 1.82) is 0 Å². The third-order valence-electron chi connectivity index (χ3n) is 4.29. The van der Waals surface area contributed by atoms with Crippen molar-refractivity contribution in [3.63, 3.8) is 0 Å². The summed E-state index contributed by atoms with van der Waals surface area (Å²) >= 11 is 0. The molecule has 0 saturated carbocycles. The Labute approximate surface area is 148 Å². The molecule has 0 N–H and O–H groups in total. The number of likely N-dealkylation sites (N-methyl/N-ethyl adjacent to an activating group) is 1. The van der Waals surface area contributed by atoms with Crippen LogP contribution in [0.2, 0.25) is 0 Å². The molecule has 2 aromatic carbocycles. The number of rotatable bonds is 6. The highest BCUT2D eigenvalue weighted by Gasteiger charge is 2.19. The van der Waals surface area contributed by atoms with Crippen LogP contribution in [0.3, 0.4) is 0 Å². The lowest BCUT2D eigenvalue weighted by atomic mass is 10.2. The van der Waals surface area contributed by atoms with Crippen molar-refractivity contribution < 1.29 is 14.3 Å². The number of carbonyl (C=O) groups is 1. The van der Waals surface area contributed by atoms with Gasteiger partial charge < -0.3 is 19.3 Å². The zero-order valence-corrected chi connectivity index (χ0v) is 14.6. The molecule has 1 heterocycles. The molecule has 0 atom stereocenters. The zero-order valence-electron chi connectivity index (χ0n) is 14.6. The zero-order chi connectivity index (χ0) is 17.5. The number of hydrogen-bond donors (Lipinski definition) is 0. The minimum absolute atomic E-state index is 0.0394. The van der Waals surface area contributed by atoms with Crippen LogP contribution in [0.4, 0.5) is 0 Å². The van der Waals surface area contributed by atoms with Gasteiger partial charge in [-0.25, -0.2) is 0 Å². The summed E-state index contributed by atoms with van der Waals surface area (Å²) in [6.45, 7) is 3.98. The van der Waals surface area contributed by atoms with Gasteiger partial charge in [0.05, 0.1) is 0 Å². The van der Waals surface area contributed by atoms with Crippen LogP contribution in [0.5, 0.6) is 11.5 Å². The van der Waals surface area contributed by atoms with Gasteiger partial charge in [0, 0.05) is 26.2 Å². The summed E-state index contributed by atoms with van der Waals surface area (Å²) in [5.74, 6) is 1.49. The van der Waals surface area contributed by atoms with E-state index in [9.17, 15) is 4.79 Å². The van der Waals surface area contributed by atoms with Crippen LogP contribution >= 0.6 is 0 Å². The molecule has 3 rings (SSSR count). The van der Waals surface area contributed by atoms with E-state index in [2.05, 4.69) is 11.9 Å². The van der Waals surface area contributed by atoms with E-state index in [1.54, 1.807) is 0 Å². The average Bonchev–Trinajstić information content (AvgIpc) is 2.67. The fourth-order valence-corrected chi connectivity index (χ4v) is 2.67. The Balaban J connectivity index is 1.43. The molecule has 132 valence electrons. The smallest absolute Gasteiger partial charge is 0.260 e. The molecule has 5 heteroatoms. The molecule has 0 bridgehead atoms. The predicted molar refractivity (Wildman–Crippen MR) is 96.8 cm³/mol. The van der Waals surface area contributed by atoms with Gasteiger partial charge in [0.2, 0.25) is 0 Å². The van der Waals surface area contributed by atoms with Crippen LogP contribution in [0, 0.1) is 0 Å². The molecule has 0 aliphatic carbocycles. The van der Waals surface area contributed by atoms with Crippen LogP contribution < -0.4 is 9.47 Å². The standard InChI is InChI=1S/C20H24N2O3/c1-21-11-13-22(14-12-21)20(23)16-25-19-9-7-18(8-10-19)24-15-17-5-3-2-4-6-17/h2-10H,11-16H2,1H3. The van der Waals surface area contributed by atoms with Crippen LogP contribution in [-0.4, -0.2) is 55.5 Å². The highest BCUT2D eigenvalue weighted by atomic mass is 16.5. The van der Waals surface area contributed by atoms with E-state index in [1.165, 1.54) is 0 Å². The third kappa shape index (κ3) is 5.22. The van der Waals surface area contributed by atoms with Crippen LogP contribution in [0.15, 0.2) is 54.6 Å². The maximum Gasteiger partial charge on any atom is 0.260 e. The van der Waals surface area contributed by atoms with Crippen molar-refractivity contribution in [3.8, 4) is 11.5 Å². The molecule has 5 nitrogen and oxygen atoms in total. The summed E-state index contributed by atoms with van der Waals surface area (Å²) in [5.41, 5.74) is 1.13. The minimum Gasteiger partial charge on any atom is -0.489 e. The molecule has 0 unspecified atom stereocenters. The van der Waals surface area contributed by atoms with E-state index in [1.807, 2.05) is 59.5 Å². The van der Waals surface area contributed by atoms with Crippen molar-refractivity contribution >= 4 is 5.91 Å². The summed E-state index contributed by atoms with van der Waals surface area (Å²) in [4.78, 5) is 16.2. The van der Waals surface area contributed by atoms with E-state index in [-0.39, 0.29) is 12.5 Å². The lowest BCUT2D eigenvalue weighted by Crippen LogP contribution is -2.48. The molecule has 1 aliphatic rings. The Bertz CT molecular complexity index is 665. The van der Waals surface area contributed by atoms with Crippen LogP contribution in [0.25, 0.3) is 0 Å². The SMILES string of the molecule is CN1CCN(C(=O)COc2ccc(OCc3ccccc3)cc2)CC1. The predicted octanol–water partition coefficient (Wildman–Crippen LogP) is 2.42. The van der Waals surface area contributed by atoms with Gasteiger partial charge in [0.1, 0.15) is 18.1 Å². The van der Waals surface area contributed by atoms with E-state index in [0.29, 0.717) is 12.4 Å². The number of piperazine rings is 1. The number of hydrogen-bond acceptors (Lipinski definition) is 4. The Morgan fingerprint density at radius 2 is 1.48 bits per heavy atom. The second-order valence-electron chi connectivity index (χ2n) is 6.22. The Morgan fingerprint density at radius 1 is 0.880 bits per heavy atom. The van der Waals surface area contributed by atoms with Crippen molar-refractivity contribution in [3.05, 3.63) is 60.2 Å². The highest BCUT2D eigenvalue weighted by Crippen LogP contribution is 2.19. The summed E-state index contributed by atoms with van der Waals surface area (Å²) in [5, 5.41) is 0. The van der Waals surface area contributed by atoms with Gasteiger partial charge in [0.15, 0.2) is 6.61 Å². The number of carbonyl (C=O) groups excluding carboxylic acids is 1. The maximum absolute atomic E-state index is 12.2. The summed E-state index contributed by atoms with van der Waals surface area (Å²) < 4.78 is 11.3. The molecule has 1 fully saturated rings. The molecular weight excluding hydrogens is 316 g/mol. The molecule has 25 heavy (non-hydrogen) atoms. The minimum atomic E-state index is 0.0394. The van der Waals surface area contributed by atoms with Gasteiger partial charge in [-0.05, 0) is 36.9 Å². The first-order valence-electron chi connectivity index (χ1n) is 8.56. The van der Waals surface area contributed by atoms with Gasteiger partial charge in [-0.3, -0.25) is 4.79 Å². The molecule has 1 saturated heterocycles. The average molecular weight is 340 g/mol. The Kier molecular flexibility index (Phi) is 5.90. The Hall–Kier alpha value is -2.53. The number of benzene rings is 2. The summed E-state index contributed by atoms with van der Waals surface area (Å²) in [6, 6.07) is 17.4. The fraction of sp³-hybridized carbons (Fsp3) is 0.350. The first kappa shape index (κ1) is 17.3. The Morgan fingerprint density at radius 3 is 2.12 bits per heavy atom. The fourth-order valence-electron chi connectivity index (χ4n) is 2.67. The largest absolute Gasteiger partial charge is 0.489 e. The highest BCUT2D eigenvalue weighted by molar-refractivity contribution is 5.77. The van der Waals surface area contributed by atoms with E-state index in [0.717, 1.165) is 37.5 Å². The molecule has 2 aromatic rings. The number of nitrogens with zero attached hydrogens (tertiary/aromatic N) is 2. The third-order valence-corrected chi connectivity index (χ3v) is 4.29. The summed E-state index contributed by atoms with van der Waals surface area (Å²) in [6.07, 6.45) is 0. The van der Waals surface area contributed by atoms with E-state index in [4.69, 9.17) is 9.47 Å². The molecule has 0 radical (unpaired) electrons. The van der Waals surface area contributed by atoms with Gasteiger partial charge in [-0.1, -0.05) is 30.3 Å². The normalized spacial score (nSPS) is 15.0. The number of amides is 1. The molecule has 1 amide bonds.